The van der Waals surface area contributed by atoms with Crippen LogP contribution in [0.4, 0.5) is 0 Å². The van der Waals surface area contributed by atoms with Gasteiger partial charge in [0.1, 0.15) is 0 Å². The minimum Gasteiger partial charge on any atom is -0.381 e. The topological polar surface area (TPSA) is 69.4 Å². The molecule has 13 heavy (non-hydrogen) atoms. The van der Waals surface area contributed by atoms with Crippen molar-refractivity contribution >= 4 is 9.84 Å². The predicted molar refractivity (Wildman–Crippen MR) is 51.2 cm³/mol. The summed E-state index contributed by atoms with van der Waals surface area (Å²) in [6, 6.07) is -0.294. The van der Waals surface area contributed by atoms with Gasteiger partial charge < -0.3 is 10.5 Å². The van der Waals surface area contributed by atoms with Gasteiger partial charge in [-0.05, 0) is 13.3 Å². The SMILES string of the molecule is CC(C(N)C1CCOC1)S(C)(=O)=O. The van der Waals surface area contributed by atoms with Gasteiger partial charge in [-0.15, -0.1) is 0 Å². The van der Waals surface area contributed by atoms with Crippen LogP contribution in [-0.4, -0.2) is 39.2 Å². The van der Waals surface area contributed by atoms with Gasteiger partial charge in [0.2, 0.25) is 0 Å². The lowest BCUT2D eigenvalue weighted by Gasteiger charge is -2.22. The van der Waals surface area contributed by atoms with Crippen molar-refractivity contribution in [3.63, 3.8) is 0 Å². The zero-order valence-corrected chi connectivity index (χ0v) is 8.88. The van der Waals surface area contributed by atoms with Gasteiger partial charge in [-0.3, -0.25) is 0 Å². The lowest BCUT2D eigenvalue weighted by Crippen LogP contribution is -2.43. The maximum atomic E-state index is 11.2. The minimum absolute atomic E-state index is 0.199. The highest BCUT2D eigenvalue weighted by molar-refractivity contribution is 7.91. The largest absolute Gasteiger partial charge is 0.381 e. The third-order valence-electron chi connectivity index (χ3n) is 2.73. The van der Waals surface area contributed by atoms with Crippen LogP contribution < -0.4 is 5.73 Å². The fourth-order valence-corrected chi connectivity index (χ4v) is 2.32. The molecule has 1 fully saturated rings. The summed E-state index contributed by atoms with van der Waals surface area (Å²) in [6.07, 6.45) is 2.11. The van der Waals surface area contributed by atoms with E-state index in [1.54, 1.807) is 6.92 Å². The maximum absolute atomic E-state index is 11.2. The summed E-state index contributed by atoms with van der Waals surface area (Å²) in [4.78, 5) is 0. The van der Waals surface area contributed by atoms with Crippen molar-refractivity contribution in [2.75, 3.05) is 19.5 Å². The molecule has 3 atom stereocenters. The van der Waals surface area contributed by atoms with Crippen LogP contribution in [0.3, 0.4) is 0 Å². The third kappa shape index (κ3) is 2.65. The molecule has 0 aliphatic carbocycles. The van der Waals surface area contributed by atoms with Crippen LogP contribution in [0.1, 0.15) is 13.3 Å². The second-order valence-corrected chi connectivity index (χ2v) is 6.14. The standard InChI is InChI=1S/C8H17NO3S/c1-6(13(2,10)11)8(9)7-3-4-12-5-7/h6-8H,3-5,9H2,1-2H3. The van der Waals surface area contributed by atoms with Gasteiger partial charge in [-0.25, -0.2) is 8.42 Å². The summed E-state index contributed by atoms with van der Waals surface area (Å²) >= 11 is 0. The minimum atomic E-state index is -3.02. The quantitative estimate of drug-likeness (QED) is 0.695. The molecule has 0 radical (unpaired) electrons. The fraction of sp³-hybridized carbons (Fsp3) is 1.00. The van der Waals surface area contributed by atoms with Crippen molar-refractivity contribution in [1.82, 2.24) is 0 Å². The van der Waals surface area contributed by atoms with E-state index in [0.717, 1.165) is 6.42 Å². The number of ether oxygens (including phenoxy) is 1. The van der Waals surface area contributed by atoms with E-state index in [-0.39, 0.29) is 12.0 Å². The van der Waals surface area contributed by atoms with Gasteiger partial charge in [0.15, 0.2) is 9.84 Å². The highest BCUT2D eigenvalue weighted by Gasteiger charge is 2.31. The monoisotopic (exact) mass is 207 g/mol. The molecule has 0 aromatic heterocycles. The molecule has 2 N–H and O–H groups in total. The van der Waals surface area contributed by atoms with Crippen molar-refractivity contribution in [1.29, 1.82) is 0 Å². The molecular formula is C8H17NO3S. The molecule has 5 heteroatoms. The zero-order chi connectivity index (χ0) is 10.1. The van der Waals surface area contributed by atoms with E-state index in [0.29, 0.717) is 13.2 Å². The average molecular weight is 207 g/mol. The van der Waals surface area contributed by atoms with E-state index in [2.05, 4.69) is 0 Å². The fourth-order valence-electron chi connectivity index (χ4n) is 1.53. The van der Waals surface area contributed by atoms with Gasteiger partial charge in [-0.1, -0.05) is 0 Å². The smallest absolute Gasteiger partial charge is 0.151 e. The molecular weight excluding hydrogens is 190 g/mol. The Morgan fingerprint density at radius 3 is 2.54 bits per heavy atom. The first-order valence-electron chi connectivity index (χ1n) is 4.45. The van der Waals surface area contributed by atoms with Crippen LogP contribution in [0.25, 0.3) is 0 Å². The molecule has 0 saturated carbocycles. The number of nitrogens with two attached hydrogens (primary N) is 1. The van der Waals surface area contributed by atoms with Gasteiger partial charge in [0.05, 0.1) is 11.9 Å². The molecule has 1 aliphatic heterocycles. The second-order valence-electron chi connectivity index (χ2n) is 3.74. The van der Waals surface area contributed by atoms with Crippen molar-refractivity contribution in [3.05, 3.63) is 0 Å². The Kier molecular flexibility index (Phi) is 3.32. The Morgan fingerprint density at radius 1 is 1.54 bits per heavy atom. The van der Waals surface area contributed by atoms with Crippen LogP contribution in [0.2, 0.25) is 0 Å². The van der Waals surface area contributed by atoms with E-state index in [1.165, 1.54) is 6.26 Å². The van der Waals surface area contributed by atoms with Crippen LogP contribution in [-0.2, 0) is 14.6 Å². The highest BCUT2D eigenvalue weighted by atomic mass is 32.2. The molecule has 0 aromatic carbocycles. The molecule has 1 aliphatic rings. The van der Waals surface area contributed by atoms with E-state index in [4.69, 9.17) is 10.5 Å². The van der Waals surface area contributed by atoms with Crippen LogP contribution in [0.5, 0.6) is 0 Å². The summed E-state index contributed by atoms with van der Waals surface area (Å²) < 4.78 is 27.6. The average Bonchev–Trinajstić information content (AvgIpc) is 2.51. The molecule has 0 spiro atoms. The maximum Gasteiger partial charge on any atom is 0.151 e. The van der Waals surface area contributed by atoms with Crippen LogP contribution >= 0.6 is 0 Å². The molecule has 1 saturated heterocycles. The zero-order valence-electron chi connectivity index (χ0n) is 8.06. The van der Waals surface area contributed by atoms with Crippen LogP contribution in [0.15, 0.2) is 0 Å². The van der Waals surface area contributed by atoms with Crippen LogP contribution in [0, 0.1) is 5.92 Å². The van der Waals surface area contributed by atoms with Crippen molar-refractivity contribution < 1.29 is 13.2 Å². The van der Waals surface area contributed by atoms with E-state index in [1.807, 2.05) is 0 Å². The second kappa shape index (κ2) is 3.94. The summed E-state index contributed by atoms with van der Waals surface area (Å²) in [7, 11) is -3.02. The van der Waals surface area contributed by atoms with Crippen molar-refractivity contribution in [2.45, 2.75) is 24.6 Å². The number of rotatable bonds is 3. The summed E-state index contributed by atoms with van der Waals surface area (Å²) in [6.45, 7) is 2.97. The first-order chi connectivity index (χ1) is 5.93. The van der Waals surface area contributed by atoms with Gasteiger partial charge >= 0.3 is 0 Å². The van der Waals surface area contributed by atoms with Crippen molar-refractivity contribution in [3.8, 4) is 0 Å². The molecule has 1 rings (SSSR count). The van der Waals surface area contributed by atoms with Gasteiger partial charge in [0.25, 0.3) is 0 Å². The number of hydrogen-bond acceptors (Lipinski definition) is 4. The Bertz CT molecular complexity index is 257. The summed E-state index contributed by atoms with van der Waals surface area (Å²) in [5, 5.41) is -0.473. The van der Waals surface area contributed by atoms with E-state index < -0.39 is 15.1 Å². The van der Waals surface area contributed by atoms with Gasteiger partial charge in [0, 0.05) is 24.8 Å². The molecule has 78 valence electrons. The molecule has 4 nitrogen and oxygen atoms in total. The van der Waals surface area contributed by atoms with Gasteiger partial charge in [-0.2, -0.15) is 0 Å². The molecule has 0 amide bonds. The Hall–Kier alpha value is -0.130. The summed E-state index contributed by atoms with van der Waals surface area (Å²) in [5.41, 5.74) is 5.85. The Balaban J connectivity index is 2.61. The van der Waals surface area contributed by atoms with Crippen molar-refractivity contribution in [2.24, 2.45) is 11.7 Å². The normalized spacial score (nSPS) is 28.7. The lowest BCUT2D eigenvalue weighted by atomic mass is 9.98. The Morgan fingerprint density at radius 2 is 2.15 bits per heavy atom. The van der Waals surface area contributed by atoms with E-state index in [9.17, 15) is 8.42 Å². The first kappa shape index (κ1) is 10.9. The summed E-state index contributed by atoms with van der Waals surface area (Å²) in [5.74, 6) is 0.199. The predicted octanol–water partition coefficient (Wildman–Crippen LogP) is -0.217. The number of sulfone groups is 1. The lowest BCUT2D eigenvalue weighted by molar-refractivity contribution is 0.180. The molecule has 3 unspecified atom stereocenters. The Labute approximate surface area is 79.4 Å². The number of hydrogen-bond donors (Lipinski definition) is 1. The third-order valence-corrected chi connectivity index (χ3v) is 4.39. The van der Waals surface area contributed by atoms with E-state index >= 15 is 0 Å². The molecule has 0 bridgehead atoms. The highest BCUT2D eigenvalue weighted by Crippen LogP contribution is 2.20. The molecule has 1 heterocycles. The first-order valence-corrected chi connectivity index (χ1v) is 6.40. The molecule has 0 aromatic rings.